The van der Waals surface area contributed by atoms with Crippen LogP contribution in [0.2, 0.25) is 0 Å². The van der Waals surface area contributed by atoms with E-state index in [9.17, 15) is 0 Å². The minimum atomic E-state index is 0.742. The Balaban J connectivity index is 1.83. The maximum atomic E-state index is 5.27. The molecule has 3 nitrogen and oxygen atoms in total. The van der Waals surface area contributed by atoms with Crippen LogP contribution in [0, 0.1) is 5.92 Å². The number of methoxy groups -OCH3 is 1. The van der Waals surface area contributed by atoms with Crippen LogP contribution in [0.1, 0.15) is 32.6 Å². The predicted octanol–water partition coefficient (Wildman–Crippen LogP) is 1.49. The number of ether oxygens (including phenoxy) is 1. The number of likely N-dealkylation sites (tertiary alicyclic amines) is 1. The molecule has 0 aromatic rings. The quantitative estimate of drug-likeness (QED) is 0.768. The largest absolute Gasteiger partial charge is 0.384 e. The van der Waals surface area contributed by atoms with Crippen molar-refractivity contribution in [3.05, 3.63) is 0 Å². The average molecular weight is 226 g/mol. The molecule has 1 saturated carbocycles. The zero-order valence-electron chi connectivity index (χ0n) is 10.7. The second-order valence-electron chi connectivity index (χ2n) is 5.27. The van der Waals surface area contributed by atoms with E-state index >= 15 is 0 Å². The molecular weight excluding hydrogens is 200 g/mol. The molecule has 1 saturated heterocycles. The fraction of sp³-hybridized carbons (Fsp3) is 1.00. The van der Waals surface area contributed by atoms with Gasteiger partial charge in [0.05, 0.1) is 6.61 Å². The Morgan fingerprint density at radius 3 is 2.94 bits per heavy atom. The van der Waals surface area contributed by atoms with Crippen molar-refractivity contribution >= 4 is 0 Å². The van der Waals surface area contributed by atoms with Crippen molar-refractivity contribution in [3.8, 4) is 0 Å². The molecule has 1 heterocycles. The molecule has 2 aliphatic rings. The predicted molar refractivity (Wildman–Crippen MR) is 66.7 cm³/mol. The Morgan fingerprint density at radius 1 is 1.31 bits per heavy atom. The standard InChI is InChI=1S/C13H26N2O/c1-3-14-12-5-4-6-13(12)15-8-7-11(9-15)10-16-2/h11-14H,3-10H2,1-2H3. The van der Waals surface area contributed by atoms with Crippen LogP contribution in [0.5, 0.6) is 0 Å². The van der Waals surface area contributed by atoms with Gasteiger partial charge in [-0.1, -0.05) is 13.3 Å². The Morgan fingerprint density at radius 2 is 2.19 bits per heavy atom. The second kappa shape index (κ2) is 5.99. The van der Waals surface area contributed by atoms with Gasteiger partial charge in [-0.25, -0.2) is 0 Å². The molecule has 0 aromatic carbocycles. The average Bonchev–Trinajstić information content (AvgIpc) is 2.87. The van der Waals surface area contributed by atoms with Gasteiger partial charge >= 0.3 is 0 Å². The van der Waals surface area contributed by atoms with E-state index in [0.717, 1.165) is 31.2 Å². The SMILES string of the molecule is CCNC1CCCC1N1CCC(COC)C1. The van der Waals surface area contributed by atoms with Crippen LogP contribution >= 0.6 is 0 Å². The van der Waals surface area contributed by atoms with Crippen LogP contribution in [0.4, 0.5) is 0 Å². The summed E-state index contributed by atoms with van der Waals surface area (Å²) >= 11 is 0. The van der Waals surface area contributed by atoms with E-state index in [0.29, 0.717) is 0 Å². The summed E-state index contributed by atoms with van der Waals surface area (Å²) in [5, 5.41) is 3.65. The van der Waals surface area contributed by atoms with Gasteiger partial charge in [-0.2, -0.15) is 0 Å². The summed E-state index contributed by atoms with van der Waals surface area (Å²) in [5.74, 6) is 0.771. The zero-order chi connectivity index (χ0) is 11.4. The third-order valence-corrected chi connectivity index (χ3v) is 4.13. The third-order valence-electron chi connectivity index (χ3n) is 4.13. The highest BCUT2D eigenvalue weighted by molar-refractivity contribution is 4.93. The number of rotatable bonds is 5. The molecule has 0 spiro atoms. The van der Waals surface area contributed by atoms with Crippen molar-refractivity contribution < 1.29 is 4.74 Å². The van der Waals surface area contributed by atoms with Gasteiger partial charge in [0.25, 0.3) is 0 Å². The molecule has 2 rings (SSSR count). The molecule has 0 aromatic heterocycles. The van der Waals surface area contributed by atoms with Crippen LogP contribution in [0.25, 0.3) is 0 Å². The number of hydrogen-bond donors (Lipinski definition) is 1. The highest BCUT2D eigenvalue weighted by atomic mass is 16.5. The zero-order valence-corrected chi connectivity index (χ0v) is 10.7. The lowest BCUT2D eigenvalue weighted by molar-refractivity contribution is 0.143. The fourth-order valence-electron chi connectivity index (χ4n) is 3.41. The molecule has 2 fully saturated rings. The molecule has 0 amide bonds. The summed E-state index contributed by atoms with van der Waals surface area (Å²) in [4.78, 5) is 2.70. The van der Waals surface area contributed by atoms with Gasteiger partial charge in [-0.3, -0.25) is 4.90 Å². The summed E-state index contributed by atoms with van der Waals surface area (Å²) in [6.07, 6.45) is 5.47. The van der Waals surface area contributed by atoms with E-state index in [1.807, 2.05) is 7.11 Å². The van der Waals surface area contributed by atoms with Crippen LogP contribution < -0.4 is 5.32 Å². The van der Waals surface area contributed by atoms with Crippen molar-refractivity contribution in [1.82, 2.24) is 10.2 Å². The van der Waals surface area contributed by atoms with Crippen molar-refractivity contribution in [3.63, 3.8) is 0 Å². The first-order valence-corrected chi connectivity index (χ1v) is 6.81. The van der Waals surface area contributed by atoms with E-state index in [1.165, 1.54) is 38.8 Å². The maximum absolute atomic E-state index is 5.27. The molecule has 1 aliphatic carbocycles. The molecule has 16 heavy (non-hydrogen) atoms. The third kappa shape index (κ3) is 2.76. The Hall–Kier alpha value is -0.120. The number of hydrogen-bond acceptors (Lipinski definition) is 3. The van der Waals surface area contributed by atoms with Crippen molar-refractivity contribution in [2.24, 2.45) is 5.92 Å². The molecular formula is C13H26N2O. The van der Waals surface area contributed by atoms with Crippen molar-refractivity contribution in [2.75, 3.05) is 33.4 Å². The van der Waals surface area contributed by atoms with Crippen LogP contribution in [0.3, 0.4) is 0 Å². The fourth-order valence-corrected chi connectivity index (χ4v) is 3.41. The summed E-state index contributed by atoms with van der Waals surface area (Å²) in [6, 6.07) is 1.54. The molecule has 1 aliphatic heterocycles. The Kier molecular flexibility index (Phi) is 4.62. The Bertz CT molecular complexity index is 210. The molecule has 94 valence electrons. The van der Waals surface area contributed by atoms with Gasteiger partial charge in [0.2, 0.25) is 0 Å². The first-order chi connectivity index (χ1) is 7.85. The van der Waals surface area contributed by atoms with E-state index in [2.05, 4.69) is 17.1 Å². The molecule has 3 heteroatoms. The first kappa shape index (κ1) is 12.3. The van der Waals surface area contributed by atoms with Gasteiger partial charge in [0.15, 0.2) is 0 Å². The molecule has 0 radical (unpaired) electrons. The van der Waals surface area contributed by atoms with Gasteiger partial charge in [-0.15, -0.1) is 0 Å². The number of likely N-dealkylation sites (N-methyl/N-ethyl adjacent to an activating group) is 1. The van der Waals surface area contributed by atoms with Gasteiger partial charge in [0.1, 0.15) is 0 Å². The lowest BCUT2D eigenvalue weighted by Crippen LogP contribution is -2.46. The van der Waals surface area contributed by atoms with Crippen molar-refractivity contribution in [2.45, 2.75) is 44.7 Å². The van der Waals surface area contributed by atoms with Crippen LogP contribution in [0.15, 0.2) is 0 Å². The topological polar surface area (TPSA) is 24.5 Å². The van der Waals surface area contributed by atoms with Crippen molar-refractivity contribution in [1.29, 1.82) is 0 Å². The Labute approximate surface area is 99.5 Å². The molecule has 3 atom stereocenters. The molecule has 1 N–H and O–H groups in total. The summed E-state index contributed by atoms with van der Waals surface area (Å²) in [7, 11) is 1.82. The number of nitrogens with one attached hydrogen (secondary N) is 1. The highest BCUT2D eigenvalue weighted by Gasteiger charge is 2.35. The smallest absolute Gasteiger partial charge is 0.0503 e. The van der Waals surface area contributed by atoms with E-state index in [1.54, 1.807) is 0 Å². The van der Waals surface area contributed by atoms with Gasteiger partial charge in [0, 0.05) is 25.7 Å². The van der Waals surface area contributed by atoms with Crippen LogP contribution in [-0.4, -0.2) is 50.3 Å². The lowest BCUT2D eigenvalue weighted by atomic mass is 10.1. The first-order valence-electron chi connectivity index (χ1n) is 6.81. The number of nitrogens with zero attached hydrogens (tertiary/aromatic N) is 1. The highest BCUT2D eigenvalue weighted by Crippen LogP contribution is 2.29. The van der Waals surface area contributed by atoms with Gasteiger partial charge in [-0.05, 0) is 38.3 Å². The summed E-state index contributed by atoms with van der Waals surface area (Å²) in [6.45, 7) is 6.79. The summed E-state index contributed by atoms with van der Waals surface area (Å²) in [5.41, 5.74) is 0. The summed E-state index contributed by atoms with van der Waals surface area (Å²) < 4.78 is 5.27. The van der Waals surface area contributed by atoms with E-state index in [-0.39, 0.29) is 0 Å². The minimum absolute atomic E-state index is 0.742. The van der Waals surface area contributed by atoms with Gasteiger partial charge < -0.3 is 10.1 Å². The second-order valence-corrected chi connectivity index (χ2v) is 5.27. The molecule has 3 unspecified atom stereocenters. The monoisotopic (exact) mass is 226 g/mol. The van der Waals surface area contributed by atoms with E-state index in [4.69, 9.17) is 4.74 Å². The minimum Gasteiger partial charge on any atom is -0.384 e. The normalized spacial score (nSPS) is 36.0. The molecule has 0 bridgehead atoms. The van der Waals surface area contributed by atoms with Crippen LogP contribution in [-0.2, 0) is 4.74 Å². The maximum Gasteiger partial charge on any atom is 0.0503 e. The lowest BCUT2D eigenvalue weighted by Gasteiger charge is -2.30. The van der Waals surface area contributed by atoms with E-state index < -0.39 is 0 Å².